The highest BCUT2D eigenvalue weighted by molar-refractivity contribution is 6.01. The molecule has 0 bridgehead atoms. The van der Waals surface area contributed by atoms with Gasteiger partial charge in [0.05, 0.1) is 17.1 Å². The van der Waals surface area contributed by atoms with Crippen molar-refractivity contribution in [1.82, 2.24) is 0 Å². The molecule has 1 aromatic carbocycles. The third-order valence-corrected chi connectivity index (χ3v) is 1.91. The number of benzene rings is 1. The van der Waals surface area contributed by atoms with E-state index in [-0.39, 0.29) is 11.3 Å². The summed E-state index contributed by atoms with van der Waals surface area (Å²) in [4.78, 5) is 9.76. The molecule has 0 aromatic heterocycles. The van der Waals surface area contributed by atoms with Crippen LogP contribution in [0.25, 0.3) is 0 Å². The average molecular weight is 247 g/mol. The van der Waals surface area contributed by atoms with Crippen molar-refractivity contribution in [1.29, 1.82) is 0 Å². The van der Waals surface area contributed by atoms with Crippen LogP contribution in [0.1, 0.15) is 12.0 Å². The summed E-state index contributed by atoms with van der Waals surface area (Å²) < 4.78 is 36.5. The van der Waals surface area contributed by atoms with E-state index in [9.17, 15) is 23.3 Å². The Morgan fingerprint density at radius 2 is 2.12 bits per heavy atom. The fourth-order valence-corrected chi connectivity index (χ4v) is 1.21. The molecule has 0 heterocycles. The molecule has 0 fully saturated rings. The number of hydrogen-bond acceptors (Lipinski definition) is 4. The summed E-state index contributed by atoms with van der Waals surface area (Å²) in [5, 5.41) is 13.5. The van der Waals surface area contributed by atoms with E-state index in [0.29, 0.717) is 0 Å². The largest absolute Gasteiger partial charge is 0.394 e. The van der Waals surface area contributed by atoms with Gasteiger partial charge in [0.25, 0.3) is 5.69 Å². The molecule has 5 nitrogen and oxygen atoms in total. The minimum Gasteiger partial charge on any atom is -0.323 e. The van der Waals surface area contributed by atoms with Crippen LogP contribution in [0.3, 0.4) is 0 Å². The van der Waals surface area contributed by atoms with Gasteiger partial charge in [0, 0.05) is 17.7 Å². The molecule has 0 radical (unpaired) electrons. The van der Waals surface area contributed by atoms with Crippen LogP contribution in [0, 0.1) is 10.1 Å². The van der Waals surface area contributed by atoms with Crippen molar-refractivity contribution in [2.45, 2.75) is 12.6 Å². The van der Waals surface area contributed by atoms with Crippen LogP contribution in [0.15, 0.2) is 29.4 Å². The first kappa shape index (κ1) is 12.9. The van der Waals surface area contributed by atoms with Crippen molar-refractivity contribution in [3.63, 3.8) is 0 Å². The zero-order valence-corrected chi connectivity index (χ0v) is 8.44. The minimum absolute atomic E-state index is 0.0148. The molecule has 1 rings (SSSR count). The number of alkyl halides is 3. The second-order valence-electron chi connectivity index (χ2n) is 3.18. The van der Waals surface area contributed by atoms with Crippen LogP contribution in [-0.4, -0.2) is 16.8 Å². The predicted molar refractivity (Wildman–Crippen MR) is 54.5 cm³/mol. The molecule has 0 unspecified atom stereocenters. The maximum atomic E-state index is 12.2. The average Bonchev–Trinajstić information content (AvgIpc) is 2.25. The summed E-state index contributed by atoms with van der Waals surface area (Å²) in [6.45, 7) is 0. The number of nitro groups is 1. The first-order valence-corrected chi connectivity index (χ1v) is 4.42. The van der Waals surface area contributed by atoms with Crippen molar-refractivity contribution < 1.29 is 18.1 Å². The molecule has 0 aliphatic rings. The van der Waals surface area contributed by atoms with E-state index in [1.807, 2.05) is 0 Å². The Kier molecular flexibility index (Phi) is 3.66. The smallest absolute Gasteiger partial charge is 0.323 e. The SMILES string of the molecule is N/N=C(/CC(F)(F)F)c1cccc([N+](=O)[O-])c1. The van der Waals surface area contributed by atoms with E-state index in [2.05, 4.69) is 5.10 Å². The van der Waals surface area contributed by atoms with Crippen molar-refractivity contribution in [3.05, 3.63) is 39.9 Å². The summed E-state index contributed by atoms with van der Waals surface area (Å²) in [6, 6.07) is 4.72. The molecule has 17 heavy (non-hydrogen) atoms. The van der Waals surface area contributed by atoms with Gasteiger partial charge in [-0.3, -0.25) is 10.1 Å². The maximum absolute atomic E-state index is 12.2. The van der Waals surface area contributed by atoms with Gasteiger partial charge in [0.15, 0.2) is 0 Å². The van der Waals surface area contributed by atoms with Gasteiger partial charge in [0.1, 0.15) is 0 Å². The molecule has 0 saturated carbocycles. The number of nitrogens with zero attached hydrogens (tertiary/aromatic N) is 2. The number of nitro benzene ring substituents is 1. The second kappa shape index (κ2) is 4.81. The highest BCUT2D eigenvalue weighted by atomic mass is 19.4. The van der Waals surface area contributed by atoms with Gasteiger partial charge in [-0.25, -0.2) is 0 Å². The van der Waals surface area contributed by atoms with Crippen LogP contribution in [0.4, 0.5) is 18.9 Å². The molecule has 1 aromatic rings. The highest BCUT2D eigenvalue weighted by Gasteiger charge is 2.30. The predicted octanol–water partition coefficient (Wildman–Crippen LogP) is 2.21. The molecule has 0 atom stereocenters. The third-order valence-electron chi connectivity index (χ3n) is 1.91. The van der Waals surface area contributed by atoms with Crippen LogP contribution in [0.2, 0.25) is 0 Å². The summed E-state index contributed by atoms with van der Waals surface area (Å²) in [5.74, 6) is 4.86. The molecule has 0 aliphatic heterocycles. The van der Waals surface area contributed by atoms with Crippen molar-refractivity contribution in [2.24, 2.45) is 10.9 Å². The molecule has 92 valence electrons. The number of non-ortho nitro benzene ring substituents is 1. The van der Waals surface area contributed by atoms with Crippen LogP contribution in [-0.2, 0) is 0 Å². The van der Waals surface area contributed by atoms with E-state index in [1.165, 1.54) is 18.2 Å². The maximum Gasteiger partial charge on any atom is 0.394 e. The van der Waals surface area contributed by atoms with Crippen molar-refractivity contribution in [3.8, 4) is 0 Å². The van der Waals surface area contributed by atoms with Gasteiger partial charge in [0.2, 0.25) is 0 Å². The molecule has 0 saturated heterocycles. The molecule has 2 N–H and O–H groups in total. The van der Waals surface area contributed by atoms with E-state index in [0.717, 1.165) is 6.07 Å². The fourth-order valence-electron chi connectivity index (χ4n) is 1.21. The normalized spacial score (nSPS) is 12.5. The summed E-state index contributed by atoms with van der Waals surface area (Å²) in [7, 11) is 0. The topological polar surface area (TPSA) is 81.5 Å². The number of nitrogens with two attached hydrogens (primary N) is 1. The van der Waals surface area contributed by atoms with Gasteiger partial charge in [-0.05, 0) is 0 Å². The minimum atomic E-state index is -4.47. The van der Waals surface area contributed by atoms with Gasteiger partial charge >= 0.3 is 6.18 Å². The number of halogens is 3. The highest BCUT2D eigenvalue weighted by Crippen LogP contribution is 2.24. The summed E-state index contributed by atoms with van der Waals surface area (Å²) >= 11 is 0. The lowest BCUT2D eigenvalue weighted by Crippen LogP contribution is -2.17. The quantitative estimate of drug-likeness (QED) is 0.384. The molecule has 8 heteroatoms. The molecule has 0 aliphatic carbocycles. The lowest BCUT2D eigenvalue weighted by molar-refractivity contribution is -0.384. The Morgan fingerprint density at radius 1 is 1.47 bits per heavy atom. The van der Waals surface area contributed by atoms with E-state index >= 15 is 0 Å². The monoisotopic (exact) mass is 247 g/mol. The van der Waals surface area contributed by atoms with E-state index < -0.39 is 23.2 Å². The van der Waals surface area contributed by atoms with Crippen LogP contribution >= 0.6 is 0 Å². The number of hydrogen-bond donors (Lipinski definition) is 1. The van der Waals surface area contributed by atoms with Gasteiger partial charge in [-0.1, -0.05) is 12.1 Å². The fraction of sp³-hybridized carbons (Fsp3) is 0.222. The van der Waals surface area contributed by atoms with Crippen molar-refractivity contribution in [2.75, 3.05) is 0 Å². The van der Waals surface area contributed by atoms with E-state index in [4.69, 9.17) is 5.84 Å². The van der Waals surface area contributed by atoms with Gasteiger partial charge in [-0.2, -0.15) is 18.3 Å². The van der Waals surface area contributed by atoms with Crippen molar-refractivity contribution >= 4 is 11.4 Å². The molecule has 0 amide bonds. The first-order valence-electron chi connectivity index (χ1n) is 4.42. The Bertz CT molecular complexity index is 457. The Morgan fingerprint density at radius 3 is 2.59 bits per heavy atom. The zero-order valence-electron chi connectivity index (χ0n) is 8.44. The Labute approximate surface area is 93.9 Å². The molecule has 0 spiro atoms. The van der Waals surface area contributed by atoms with Crippen LogP contribution in [0.5, 0.6) is 0 Å². The Balaban J connectivity index is 3.05. The van der Waals surface area contributed by atoms with E-state index in [1.54, 1.807) is 0 Å². The Hall–Kier alpha value is -2.12. The number of rotatable bonds is 3. The van der Waals surface area contributed by atoms with Crippen LogP contribution < -0.4 is 5.84 Å². The molecular formula is C9H8F3N3O2. The standard InChI is InChI=1S/C9H8F3N3O2/c10-9(11,12)5-8(14-13)6-2-1-3-7(4-6)15(16)17/h1-4H,5,13H2/b14-8-. The summed E-state index contributed by atoms with van der Waals surface area (Å²) in [5.41, 5.74) is -0.772. The lowest BCUT2D eigenvalue weighted by Gasteiger charge is -2.08. The third kappa shape index (κ3) is 3.74. The first-order chi connectivity index (χ1) is 7.83. The molecular weight excluding hydrogens is 239 g/mol. The van der Waals surface area contributed by atoms with Gasteiger partial charge in [-0.15, -0.1) is 0 Å². The lowest BCUT2D eigenvalue weighted by atomic mass is 10.1. The zero-order chi connectivity index (χ0) is 13.1. The summed E-state index contributed by atoms with van der Waals surface area (Å²) in [6.07, 6.45) is -5.80. The number of hydrazone groups is 1. The second-order valence-corrected chi connectivity index (χ2v) is 3.18. The van der Waals surface area contributed by atoms with Gasteiger partial charge < -0.3 is 5.84 Å².